The van der Waals surface area contributed by atoms with Gasteiger partial charge in [0.15, 0.2) is 0 Å². The maximum absolute atomic E-state index is 6.05. The molecule has 2 N–H and O–H groups in total. The van der Waals surface area contributed by atoms with Gasteiger partial charge in [-0.05, 0) is 41.0 Å². The van der Waals surface area contributed by atoms with E-state index in [4.69, 9.17) is 22.1 Å². The van der Waals surface area contributed by atoms with Crippen molar-refractivity contribution in [3.05, 3.63) is 70.8 Å². The molecule has 2 nitrogen and oxygen atoms in total. The Bertz CT molecular complexity index is 593. The van der Waals surface area contributed by atoms with Crippen molar-refractivity contribution < 1.29 is 4.74 Å². The Balaban J connectivity index is 2.48. The molecule has 0 radical (unpaired) electrons. The summed E-state index contributed by atoms with van der Waals surface area (Å²) in [5.41, 5.74) is 8.84. The predicted octanol–water partition coefficient (Wildman–Crippen LogP) is 3.74. The number of hydrogen-bond acceptors (Lipinski definition) is 2. The van der Waals surface area contributed by atoms with Gasteiger partial charge >= 0.3 is 0 Å². The van der Waals surface area contributed by atoms with Gasteiger partial charge in [0.25, 0.3) is 0 Å². The fraction of sp³-hybridized carbons (Fsp3) is 0.125. The lowest BCUT2D eigenvalue weighted by Gasteiger charge is -2.10. The summed E-state index contributed by atoms with van der Waals surface area (Å²) in [4.78, 5) is 0. The molecular formula is C16H16ClNO. The Morgan fingerprint density at radius 2 is 1.84 bits per heavy atom. The minimum absolute atomic E-state index is 0.471. The monoisotopic (exact) mass is 273 g/mol. The summed E-state index contributed by atoms with van der Waals surface area (Å²) in [5.74, 6) is 0.822. The second-order valence-electron chi connectivity index (χ2n) is 4.10. The summed E-state index contributed by atoms with van der Waals surface area (Å²) in [7, 11) is 1.66. The summed E-state index contributed by atoms with van der Waals surface area (Å²) in [6, 6.07) is 15.6. The van der Waals surface area contributed by atoms with Crippen LogP contribution in [-0.4, -0.2) is 13.7 Å². The lowest BCUT2D eigenvalue weighted by molar-refractivity contribution is 0.414. The number of rotatable bonds is 4. The zero-order valence-corrected chi connectivity index (χ0v) is 11.5. The summed E-state index contributed by atoms with van der Waals surface area (Å²) in [6.45, 7) is 0.471. The molecule has 98 valence electrons. The topological polar surface area (TPSA) is 35.2 Å². The van der Waals surface area contributed by atoms with E-state index < -0.39 is 0 Å². The average molecular weight is 274 g/mol. The molecule has 0 heterocycles. The Hall–Kier alpha value is -1.77. The molecule has 0 atom stereocenters. The van der Waals surface area contributed by atoms with Crippen LogP contribution in [0.5, 0.6) is 5.75 Å². The minimum atomic E-state index is 0.471. The standard InChI is InChI=1S/C16H16ClNO/c1-19-15-7-3-5-13(11-15)16(8-9-18)12-4-2-6-14(17)10-12/h2-8,10-11H,9,18H2,1H3/b16-8-. The molecule has 0 aromatic heterocycles. The Morgan fingerprint density at radius 1 is 1.16 bits per heavy atom. The average Bonchev–Trinajstić information content (AvgIpc) is 2.45. The van der Waals surface area contributed by atoms with Gasteiger partial charge in [0.05, 0.1) is 7.11 Å². The van der Waals surface area contributed by atoms with Crippen LogP contribution in [0.15, 0.2) is 54.6 Å². The quantitative estimate of drug-likeness (QED) is 0.921. The molecule has 0 fully saturated rings. The van der Waals surface area contributed by atoms with Gasteiger partial charge in [0, 0.05) is 11.6 Å². The van der Waals surface area contributed by atoms with Crippen LogP contribution in [0.25, 0.3) is 5.57 Å². The second-order valence-corrected chi connectivity index (χ2v) is 4.53. The van der Waals surface area contributed by atoms with E-state index in [1.165, 1.54) is 0 Å². The molecule has 0 amide bonds. The summed E-state index contributed by atoms with van der Waals surface area (Å²) < 4.78 is 5.26. The third-order valence-corrected chi connectivity index (χ3v) is 3.07. The summed E-state index contributed by atoms with van der Waals surface area (Å²) >= 11 is 6.05. The maximum Gasteiger partial charge on any atom is 0.119 e. The molecule has 0 spiro atoms. The van der Waals surface area contributed by atoms with Gasteiger partial charge in [0.1, 0.15) is 5.75 Å². The zero-order chi connectivity index (χ0) is 13.7. The van der Waals surface area contributed by atoms with Crippen molar-refractivity contribution in [3.8, 4) is 5.75 Å². The van der Waals surface area contributed by atoms with E-state index in [1.807, 2.05) is 54.6 Å². The van der Waals surface area contributed by atoms with Crippen LogP contribution in [0, 0.1) is 0 Å². The lowest BCUT2D eigenvalue weighted by Crippen LogP contribution is -1.97. The Kier molecular flexibility index (Phi) is 4.61. The number of benzene rings is 2. The van der Waals surface area contributed by atoms with Gasteiger partial charge in [-0.3, -0.25) is 0 Å². The number of hydrogen-bond donors (Lipinski definition) is 1. The summed E-state index contributed by atoms with van der Waals surface area (Å²) in [5, 5.41) is 0.711. The smallest absolute Gasteiger partial charge is 0.119 e. The normalized spacial score (nSPS) is 11.4. The van der Waals surface area contributed by atoms with E-state index in [2.05, 4.69) is 0 Å². The van der Waals surface area contributed by atoms with Crippen molar-refractivity contribution >= 4 is 17.2 Å². The molecular weight excluding hydrogens is 258 g/mol. The van der Waals surface area contributed by atoms with Crippen molar-refractivity contribution in [3.63, 3.8) is 0 Å². The molecule has 0 saturated heterocycles. The van der Waals surface area contributed by atoms with Crippen LogP contribution in [0.1, 0.15) is 11.1 Å². The van der Waals surface area contributed by atoms with Gasteiger partial charge in [0.2, 0.25) is 0 Å². The van der Waals surface area contributed by atoms with Crippen LogP contribution in [-0.2, 0) is 0 Å². The van der Waals surface area contributed by atoms with Gasteiger partial charge in [-0.15, -0.1) is 0 Å². The number of nitrogens with two attached hydrogens (primary N) is 1. The van der Waals surface area contributed by atoms with Crippen molar-refractivity contribution in [1.29, 1.82) is 0 Å². The van der Waals surface area contributed by atoms with Crippen LogP contribution in [0.3, 0.4) is 0 Å². The predicted molar refractivity (Wildman–Crippen MR) is 80.6 cm³/mol. The molecule has 2 aromatic rings. The first-order chi connectivity index (χ1) is 9.24. The molecule has 3 heteroatoms. The van der Waals surface area contributed by atoms with Gasteiger partial charge < -0.3 is 10.5 Å². The molecule has 2 aromatic carbocycles. The van der Waals surface area contributed by atoms with E-state index in [9.17, 15) is 0 Å². The first-order valence-electron chi connectivity index (χ1n) is 6.05. The first-order valence-corrected chi connectivity index (χ1v) is 6.43. The number of ether oxygens (including phenoxy) is 1. The third-order valence-electron chi connectivity index (χ3n) is 2.84. The van der Waals surface area contributed by atoms with E-state index >= 15 is 0 Å². The van der Waals surface area contributed by atoms with Crippen molar-refractivity contribution in [2.45, 2.75) is 0 Å². The second kappa shape index (κ2) is 6.41. The highest BCUT2D eigenvalue weighted by atomic mass is 35.5. The fourth-order valence-corrected chi connectivity index (χ4v) is 2.16. The van der Waals surface area contributed by atoms with E-state index in [1.54, 1.807) is 7.11 Å². The lowest BCUT2D eigenvalue weighted by atomic mass is 9.97. The zero-order valence-electron chi connectivity index (χ0n) is 10.8. The van der Waals surface area contributed by atoms with Gasteiger partial charge in [-0.1, -0.05) is 41.9 Å². The fourth-order valence-electron chi connectivity index (χ4n) is 1.97. The molecule has 0 aliphatic carbocycles. The van der Waals surface area contributed by atoms with Crippen LogP contribution in [0.2, 0.25) is 5.02 Å². The van der Waals surface area contributed by atoms with Crippen molar-refractivity contribution in [1.82, 2.24) is 0 Å². The Labute approximate surface area is 118 Å². The van der Waals surface area contributed by atoms with Gasteiger partial charge in [-0.25, -0.2) is 0 Å². The van der Waals surface area contributed by atoms with E-state index in [0.29, 0.717) is 11.6 Å². The molecule has 0 aliphatic rings. The molecule has 2 rings (SSSR count). The highest BCUT2D eigenvalue weighted by Crippen LogP contribution is 2.27. The highest BCUT2D eigenvalue weighted by Gasteiger charge is 2.06. The molecule has 0 bridgehead atoms. The molecule has 0 unspecified atom stereocenters. The third kappa shape index (κ3) is 3.37. The number of methoxy groups -OCH3 is 1. The van der Waals surface area contributed by atoms with Crippen LogP contribution in [0.4, 0.5) is 0 Å². The summed E-state index contributed by atoms with van der Waals surface area (Å²) in [6.07, 6.45) is 1.99. The van der Waals surface area contributed by atoms with Crippen molar-refractivity contribution in [2.24, 2.45) is 5.73 Å². The molecule has 0 aliphatic heterocycles. The van der Waals surface area contributed by atoms with Gasteiger partial charge in [-0.2, -0.15) is 0 Å². The molecule has 19 heavy (non-hydrogen) atoms. The minimum Gasteiger partial charge on any atom is -0.497 e. The largest absolute Gasteiger partial charge is 0.497 e. The first kappa shape index (κ1) is 13.7. The van der Waals surface area contributed by atoms with E-state index in [-0.39, 0.29) is 0 Å². The van der Waals surface area contributed by atoms with E-state index in [0.717, 1.165) is 22.4 Å². The SMILES string of the molecule is COc1cccc(/C(=C\CN)c2cccc(Cl)c2)c1. The maximum atomic E-state index is 6.05. The number of halogens is 1. The van der Waals surface area contributed by atoms with Crippen LogP contribution < -0.4 is 10.5 Å². The Morgan fingerprint density at radius 3 is 2.47 bits per heavy atom. The van der Waals surface area contributed by atoms with Crippen molar-refractivity contribution in [2.75, 3.05) is 13.7 Å². The van der Waals surface area contributed by atoms with Crippen LogP contribution >= 0.6 is 11.6 Å². The highest BCUT2D eigenvalue weighted by molar-refractivity contribution is 6.30. The molecule has 0 saturated carbocycles.